The van der Waals surface area contributed by atoms with Crippen LogP contribution in [0.25, 0.3) is 16.8 Å². The van der Waals surface area contributed by atoms with E-state index in [1.54, 1.807) is 17.5 Å². The molecule has 0 spiro atoms. The van der Waals surface area contributed by atoms with Crippen LogP contribution >= 0.6 is 0 Å². The van der Waals surface area contributed by atoms with Crippen molar-refractivity contribution >= 4 is 11.4 Å². The zero-order valence-corrected chi connectivity index (χ0v) is 18.8. The van der Waals surface area contributed by atoms with Gasteiger partial charge in [0, 0.05) is 11.6 Å². The number of aryl methyl sites for hydroxylation is 2. The first kappa shape index (κ1) is 21.3. The SMILES string of the molecule is CCc1ccc(-c2cc3c(=O)n(CC(=O)N[C@@H]4CCC[C@H](C)[C@@H]4C)nc(C)n3n2)cc1. The number of aromatic nitrogens is 4. The van der Waals surface area contributed by atoms with Crippen LogP contribution in [0.4, 0.5) is 0 Å². The number of rotatable bonds is 5. The van der Waals surface area contributed by atoms with Gasteiger partial charge in [-0.3, -0.25) is 9.59 Å². The molecule has 0 unspecified atom stereocenters. The highest BCUT2D eigenvalue weighted by Crippen LogP contribution is 2.29. The molecule has 3 aromatic rings. The average molecular weight is 422 g/mol. The standard InChI is InChI=1S/C24H31N5O2/c1-5-18-9-11-19(12-10-18)21-13-22-24(31)28(26-17(4)29(22)27-21)14-23(30)25-20-8-6-7-15(2)16(20)3/h9-13,15-16,20H,5-8,14H2,1-4H3,(H,25,30)/t15-,16-,20+/m0/s1. The second-order valence-electron chi connectivity index (χ2n) is 8.83. The smallest absolute Gasteiger partial charge is 0.293 e. The molecule has 3 atom stereocenters. The molecule has 1 aliphatic carbocycles. The summed E-state index contributed by atoms with van der Waals surface area (Å²) in [6, 6.07) is 10.1. The van der Waals surface area contributed by atoms with Crippen molar-refractivity contribution in [1.29, 1.82) is 0 Å². The number of hydrogen-bond donors (Lipinski definition) is 1. The van der Waals surface area contributed by atoms with Crippen LogP contribution in [-0.4, -0.2) is 31.3 Å². The first-order valence-corrected chi connectivity index (χ1v) is 11.2. The third kappa shape index (κ3) is 4.27. The first-order valence-electron chi connectivity index (χ1n) is 11.2. The quantitative estimate of drug-likeness (QED) is 0.685. The highest BCUT2D eigenvalue weighted by Gasteiger charge is 2.28. The lowest BCUT2D eigenvalue weighted by molar-refractivity contribution is -0.123. The maximum atomic E-state index is 13.0. The lowest BCUT2D eigenvalue weighted by Gasteiger charge is -2.34. The molecular formula is C24H31N5O2. The number of fused-ring (bicyclic) bond motifs is 1. The number of nitrogens with one attached hydrogen (secondary N) is 1. The molecule has 1 aliphatic rings. The topological polar surface area (TPSA) is 81.3 Å². The molecule has 31 heavy (non-hydrogen) atoms. The van der Waals surface area contributed by atoms with Crippen LogP contribution in [0.1, 0.15) is 51.4 Å². The van der Waals surface area contributed by atoms with Gasteiger partial charge in [0.25, 0.3) is 5.56 Å². The molecule has 1 saturated carbocycles. The molecule has 1 N–H and O–H groups in total. The van der Waals surface area contributed by atoms with Gasteiger partial charge in [0.1, 0.15) is 17.9 Å². The predicted molar refractivity (Wildman–Crippen MR) is 121 cm³/mol. The number of carbonyl (C=O) groups excluding carboxylic acids is 1. The lowest BCUT2D eigenvalue weighted by atomic mass is 9.78. The van der Waals surface area contributed by atoms with Gasteiger partial charge in [-0.05, 0) is 43.2 Å². The fourth-order valence-electron chi connectivity index (χ4n) is 4.51. The molecule has 1 aromatic carbocycles. The fourth-order valence-corrected chi connectivity index (χ4v) is 4.51. The van der Waals surface area contributed by atoms with E-state index in [0.717, 1.165) is 30.5 Å². The van der Waals surface area contributed by atoms with Crippen LogP contribution in [0.15, 0.2) is 35.1 Å². The largest absolute Gasteiger partial charge is 0.351 e. The summed E-state index contributed by atoms with van der Waals surface area (Å²) in [5, 5.41) is 12.0. The molecule has 164 valence electrons. The number of hydrogen-bond acceptors (Lipinski definition) is 4. The highest BCUT2D eigenvalue weighted by molar-refractivity contribution is 5.76. The Labute approximate surface area is 182 Å². The summed E-state index contributed by atoms with van der Waals surface area (Å²) >= 11 is 0. The van der Waals surface area contributed by atoms with E-state index in [2.05, 4.69) is 48.4 Å². The normalized spacial score (nSPS) is 21.4. The van der Waals surface area contributed by atoms with E-state index in [1.165, 1.54) is 16.7 Å². The van der Waals surface area contributed by atoms with Crippen LogP contribution in [0.2, 0.25) is 0 Å². The van der Waals surface area contributed by atoms with Crippen molar-refractivity contribution in [2.75, 3.05) is 0 Å². The van der Waals surface area contributed by atoms with E-state index in [-0.39, 0.29) is 24.1 Å². The minimum Gasteiger partial charge on any atom is -0.351 e. The zero-order chi connectivity index (χ0) is 22.1. The third-order valence-electron chi connectivity index (χ3n) is 6.74. The number of nitrogens with zero attached hydrogens (tertiary/aromatic N) is 4. The average Bonchev–Trinajstić information content (AvgIpc) is 3.21. The maximum Gasteiger partial charge on any atom is 0.293 e. The molecule has 0 saturated heterocycles. The van der Waals surface area contributed by atoms with Crippen molar-refractivity contribution in [1.82, 2.24) is 24.7 Å². The molecule has 4 rings (SSSR count). The Hall–Kier alpha value is -2.96. The number of amides is 1. The second kappa shape index (κ2) is 8.65. The van der Waals surface area contributed by atoms with Gasteiger partial charge in [-0.2, -0.15) is 10.2 Å². The summed E-state index contributed by atoms with van der Waals surface area (Å²) in [4.78, 5) is 25.7. The summed E-state index contributed by atoms with van der Waals surface area (Å²) in [6.45, 7) is 8.25. The summed E-state index contributed by atoms with van der Waals surface area (Å²) in [7, 11) is 0. The van der Waals surface area contributed by atoms with E-state index >= 15 is 0 Å². The Morgan fingerprint density at radius 1 is 1.16 bits per heavy atom. The Morgan fingerprint density at radius 2 is 1.90 bits per heavy atom. The molecule has 1 amide bonds. The van der Waals surface area contributed by atoms with Crippen molar-refractivity contribution in [3.8, 4) is 11.3 Å². The minimum atomic E-state index is -0.310. The predicted octanol–water partition coefficient (Wildman–Crippen LogP) is 3.37. The van der Waals surface area contributed by atoms with Crippen LogP contribution in [-0.2, 0) is 17.8 Å². The molecule has 0 radical (unpaired) electrons. The van der Waals surface area contributed by atoms with Gasteiger partial charge in [0.05, 0.1) is 5.69 Å². The molecule has 2 heterocycles. The van der Waals surface area contributed by atoms with Crippen molar-refractivity contribution < 1.29 is 4.79 Å². The van der Waals surface area contributed by atoms with Gasteiger partial charge in [-0.1, -0.05) is 57.9 Å². The summed E-state index contributed by atoms with van der Waals surface area (Å²) < 4.78 is 2.81. The fraction of sp³-hybridized carbons (Fsp3) is 0.500. The highest BCUT2D eigenvalue weighted by atomic mass is 16.2. The van der Waals surface area contributed by atoms with Gasteiger partial charge >= 0.3 is 0 Å². The zero-order valence-electron chi connectivity index (χ0n) is 18.8. The van der Waals surface area contributed by atoms with Gasteiger partial charge < -0.3 is 5.32 Å². The summed E-state index contributed by atoms with van der Waals surface area (Å²) in [6.07, 6.45) is 4.28. The van der Waals surface area contributed by atoms with Crippen molar-refractivity contribution in [3.63, 3.8) is 0 Å². The van der Waals surface area contributed by atoms with Crippen molar-refractivity contribution in [2.45, 2.75) is 66.0 Å². The van der Waals surface area contributed by atoms with Crippen molar-refractivity contribution in [3.05, 3.63) is 52.1 Å². The van der Waals surface area contributed by atoms with Crippen LogP contribution in [0.5, 0.6) is 0 Å². The minimum absolute atomic E-state index is 0.0838. The molecule has 2 aromatic heterocycles. The molecule has 1 fully saturated rings. The number of benzene rings is 1. The molecule has 7 nitrogen and oxygen atoms in total. The van der Waals surface area contributed by atoms with E-state index in [0.29, 0.717) is 23.2 Å². The molecule has 7 heteroatoms. The Bertz CT molecular complexity index is 1150. The summed E-state index contributed by atoms with van der Waals surface area (Å²) in [5.74, 6) is 1.43. The van der Waals surface area contributed by atoms with Gasteiger partial charge in [-0.25, -0.2) is 9.20 Å². The monoisotopic (exact) mass is 421 g/mol. The Morgan fingerprint density at radius 3 is 2.61 bits per heavy atom. The Kier molecular flexibility index (Phi) is 5.94. The van der Waals surface area contributed by atoms with Gasteiger partial charge in [-0.15, -0.1) is 0 Å². The molecule has 0 aliphatic heterocycles. The van der Waals surface area contributed by atoms with E-state index in [1.807, 2.05) is 12.1 Å². The van der Waals surface area contributed by atoms with Crippen LogP contribution in [0, 0.1) is 18.8 Å². The van der Waals surface area contributed by atoms with E-state index < -0.39 is 0 Å². The molecular weight excluding hydrogens is 390 g/mol. The Balaban J connectivity index is 1.58. The maximum absolute atomic E-state index is 13.0. The molecule has 0 bridgehead atoms. The van der Waals surface area contributed by atoms with E-state index in [4.69, 9.17) is 0 Å². The van der Waals surface area contributed by atoms with E-state index in [9.17, 15) is 9.59 Å². The lowest BCUT2D eigenvalue weighted by Crippen LogP contribution is -2.46. The second-order valence-corrected chi connectivity index (χ2v) is 8.83. The van der Waals surface area contributed by atoms with Gasteiger partial charge in [0.15, 0.2) is 0 Å². The van der Waals surface area contributed by atoms with Crippen LogP contribution < -0.4 is 10.9 Å². The first-order chi connectivity index (χ1) is 14.9. The van der Waals surface area contributed by atoms with Crippen molar-refractivity contribution in [2.24, 2.45) is 11.8 Å². The number of carbonyl (C=O) groups is 1. The summed E-state index contributed by atoms with van der Waals surface area (Å²) in [5.41, 5.74) is 3.03. The van der Waals surface area contributed by atoms with Gasteiger partial charge in [0.2, 0.25) is 5.91 Å². The third-order valence-corrected chi connectivity index (χ3v) is 6.74. The van der Waals surface area contributed by atoms with Crippen LogP contribution in [0.3, 0.4) is 0 Å².